The molecule has 4 aromatic rings. The number of thiocarbonyl (C=S) groups is 1. The van der Waals surface area contributed by atoms with E-state index in [4.69, 9.17) is 12.2 Å². The Bertz CT molecular complexity index is 1170. The van der Waals surface area contributed by atoms with Gasteiger partial charge in [0.25, 0.3) is 5.91 Å². The molecule has 0 atom stereocenters. The third-order valence-corrected chi connectivity index (χ3v) is 6.01. The van der Waals surface area contributed by atoms with Gasteiger partial charge in [-0.15, -0.1) is 11.3 Å². The highest BCUT2D eigenvalue weighted by Gasteiger charge is 2.10. The number of fused-ring (bicyclic) bond motifs is 3. The highest BCUT2D eigenvalue weighted by Crippen LogP contribution is 2.26. The summed E-state index contributed by atoms with van der Waals surface area (Å²) < 4.78 is 3.15. The second kappa shape index (κ2) is 6.51. The predicted octanol–water partition coefficient (Wildman–Crippen LogP) is 4.07. The molecule has 0 spiro atoms. The van der Waals surface area contributed by atoms with Crippen molar-refractivity contribution in [3.63, 3.8) is 0 Å². The van der Waals surface area contributed by atoms with Crippen LogP contribution in [0.3, 0.4) is 0 Å². The largest absolute Gasteiger partial charge is 0.319 e. The number of rotatable bonds is 1. The maximum Gasteiger partial charge on any atom is 0.267 e. The molecule has 0 saturated heterocycles. The summed E-state index contributed by atoms with van der Waals surface area (Å²) in [6.07, 6.45) is 0. The van der Waals surface area contributed by atoms with Crippen molar-refractivity contribution in [2.45, 2.75) is 0 Å². The average Bonchev–Trinajstić information content (AvgIpc) is 3.24. The minimum absolute atomic E-state index is 0.171. The van der Waals surface area contributed by atoms with E-state index in [1.807, 2.05) is 35.2 Å². The molecule has 2 heterocycles. The summed E-state index contributed by atoms with van der Waals surface area (Å²) in [5, 5.41) is 7.05. The average molecular weight is 384 g/mol. The first kappa shape index (κ1) is 16.1. The van der Waals surface area contributed by atoms with Crippen LogP contribution < -0.4 is 10.1 Å². The molecule has 25 heavy (non-hydrogen) atoms. The van der Waals surface area contributed by atoms with Crippen molar-refractivity contribution < 1.29 is 4.79 Å². The van der Waals surface area contributed by atoms with Gasteiger partial charge < -0.3 is 4.57 Å². The number of carbonyl (C=O) groups is 1. The van der Waals surface area contributed by atoms with Crippen LogP contribution in [0.1, 0.15) is 9.67 Å². The first-order valence-electron chi connectivity index (χ1n) is 7.54. The third-order valence-electron chi connectivity index (χ3n) is 3.85. The van der Waals surface area contributed by atoms with Gasteiger partial charge in [0.15, 0.2) is 4.80 Å². The monoisotopic (exact) mass is 383 g/mol. The summed E-state index contributed by atoms with van der Waals surface area (Å²) in [4.78, 5) is 17.9. The topological polar surface area (TPSA) is 46.4 Å². The van der Waals surface area contributed by atoms with Gasteiger partial charge in [-0.1, -0.05) is 47.7 Å². The Morgan fingerprint density at radius 1 is 1.16 bits per heavy atom. The summed E-state index contributed by atoms with van der Waals surface area (Å²) >= 11 is 8.17. The molecule has 0 fully saturated rings. The lowest BCUT2D eigenvalue weighted by Crippen LogP contribution is -2.29. The minimum atomic E-state index is -0.224. The highest BCUT2D eigenvalue weighted by molar-refractivity contribution is 7.80. The molecule has 124 valence electrons. The van der Waals surface area contributed by atoms with E-state index in [1.165, 1.54) is 22.1 Å². The lowest BCUT2D eigenvalue weighted by molar-refractivity contribution is 0.0981. The normalized spacial score (nSPS) is 12.0. The summed E-state index contributed by atoms with van der Waals surface area (Å²) in [6.45, 7) is 0. The molecule has 2 aromatic carbocycles. The number of thiophene rings is 1. The molecule has 1 N–H and O–H groups in total. The fourth-order valence-electron chi connectivity index (χ4n) is 2.71. The fourth-order valence-corrected chi connectivity index (χ4v) is 4.60. The summed E-state index contributed by atoms with van der Waals surface area (Å²) in [5.41, 5.74) is 1.12. The van der Waals surface area contributed by atoms with Crippen molar-refractivity contribution in [1.29, 1.82) is 0 Å². The van der Waals surface area contributed by atoms with Crippen molar-refractivity contribution in [1.82, 2.24) is 9.88 Å². The van der Waals surface area contributed by atoms with Gasteiger partial charge in [-0.05, 0) is 35.1 Å². The fraction of sp³-hybridized carbons (Fsp3) is 0.0556. The van der Waals surface area contributed by atoms with Crippen LogP contribution in [-0.4, -0.2) is 15.6 Å². The minimum Gasteiger partial charge on any atom is -0.319 e. The maximum atomic E-state index is 12.1. The molecule has 7 heteroatoms. The Balaban J connectivity index is 1.75. The SMILES string of the molecule is Cn1c(=NC(=S)NC(=O)c2cccs2)sc2ccc3ccccc3c21. The maximum absolute atomic E-state index is 12.1. The summed E-state index contributed by atoms with van der Waals surface area (Å²) in [6, 6.07) is 16.0. The predicted molar refractivity (Wildman–Crippen MR) is 108 cm³/mol. The van der Waals surface area contributed by atoms with E-state index in [-0.39, 0.29) is 11.0 Å². The van der Waals surface area contributed by atoms with Gasteiger partial charge in [0.2, 0.25) is 5.11 Å². The van der Waals surface area contributed by atoms with Crippen LogP contribution >= 0.6 is 34.9 Å². The van der Waals surface area contributed by atoms with Crippen LogP contribution in [0.25, 0.3) is 21.0 Å². The number of nitrogens with zero attached hydrogens (tertiary/aromatic N) is 2. The first-order chi connectivity index (χ1) is 12.1. The Hall–Kier alpha value is -2.35. The van der Waals surface area contributed by atoms with Crippen molar-refractivity contribution in [2.24, 2.45) is 12.0 Å². The van der Waals surface area contributed by atoms with E-state index in [9.17, 15) is 4.79 Å². The zero-order chi connectivity index (χ0) is 17.4. The van der Waals surface area contributed by atoms with Crippen molar-refractivity contribution in [2.75, 3.05) is 0 Å². The first-order valence-corrected chi connectivity index (χ1v) is 9.65. The molecule has 0 aliphatic heterocycles. The zero-order valence-corrected chi connectivity index (χ0v) is 15.7. The number of benzene rings is 2. The Morgan fingerprint density at radius 2 is 2.00 bits per heavy atom. The number of hydrogen-bond donors (Lipinski definition) is 1. The van der Waals surface area contributed by atoms with Crippen molar-refractivity contribution in [3.05, 3.63) is 63.6 Å². The molecule has 0 bridgehead atoms. The van der Waals surface area contributed by atoms with E-state index < -0.39 is 0 Å². The van der Waals surface area contributed by atoms with E-state index in [2.05, 4.69) is 34.6 Å². The van der Waals surface area contributed by atoms with Gasteiger partial charge in [-0.2, -0.15) is 4.99 Å². The van der Waals surface area contributed by atoms with Crippen LogP contribution in [0.15, 0.2) is 58.9 Å². The second-order valence-corrected chi connectivity index (χ2v) is 7.77. The second-order valence-electron chi connectivity index (χ2n) is 5.43. The zero-order valence-electron chi connectivity index (χ0n) is 13.2. The lowest BCUT2D eigenvalue weighted by Gasteiger charge is -2.02. The molecule has 0 aliphatic rings. The van der Waals surface area contributed by atoms with Gasteiger partial charge in [0.05, 0.1) is 15.1 Å². The number of thiazole rings is 1. The van der Waals surface area contributed by atoms with Gasteiger partial charge in [0, 0.05) is 12.4 Å². The standard InChI is InChI=1S/C18H13N3OS3/c1-21-15-12-6-3-2-5-11(12)8-9-13(15)25-18(21)20-17(23)19-16(22)14-7-4-10-24-14/h2-10H,1H3,(H,19,22,23). The molecule has 0 aliphatic carbocycles. The molecule has 0 saturated carbocycles. The number of amides is 1. The van der Waals surface area contributed by atoms with E-state index in [0.717, 1.165) is 15.0 Å². The number of carbonyl (C=O) groups excluding carboxylic acids is 1. The molecular weight excluding hydrogens is 370 g/mol. The molecule has 0 radical (unpaired) electrons. The Labute approximate surface area is 157 Å². The number of nitrogens with one attached hydrogen (secondary N) is 1. The van der Waals surface area contributed by atoms with Crippen molar-refractivity contribution >= 4 is 66.9 Å². The van der Waals surface area contributed by atoms with Gasteiger partial charge in [-0.3, -0.25) is 10.1 Å². The Kier molecular flexibility index (Phi) is 4.20. The van der Waals surface area contributed by atoms with Crippen LogP contribution in [0.4, 0.5) is 0 Å². The van der Waals surface area contributed by atoms with Crippen LogP contribution in [0, 0.1) is 0 Å². The third kappa shape index (κ3) is 3.02. The molecule has 4 nitrogen and oxygen atoms in total. The van der Waals surface area contributed by atoms with Gasteiger partial charge >= 0.3 is 0 Å². The number of aromatic nitrogens is 1. The van der Waals surface area contributed by atoms with E-state index in [1.54, 1.807) is 17.4 Å². The number of hydrogen-bond acceptors (Lipinski definition) is 4. The van der Waals surface area contributed by atoms with Crippen molar-refractivity contribution in [3.8, 4) is 0 Å². The molecule has 1 amide bonds. The lowest BCUT2D eigenvalue weighted by atomic mass is 10.1. The quantitative estimate of drug-likeness (QED) is 0.504. The molecule has 4 rings (SSSR count). The van der Waals surface area contributed by atoms with Gasteiger partial charge in [-0.25, -0.2) is 0 Å². The highest BCUT2D eigenvalue weighted by atomic mass is 32.1. The van der Waals surface area contributed by atoms with Crippen LogP contribution in [0.2, 0.25) is 0 Å². The Morgan fingerprint density at radius 3 is 2.80 bits per heavy atom. The molecule has 2 aromatic heterocycles. The van der Waals surface area contributed by atoms with Gasteiger partial charge in [0.1, 0.15) is 0 Å². The molecular formula is C18H13N3OS3. The smallest absolute Gasteiger partial charge is 0.267 e. The van der Waals surface area contributed by atoms with Crippen LogP contribution in [0.5, 0.6) is 0 Å². The summed E-state index contributed by atoms with van der Waals surface area (Å²) in [7, 11) is 1.97. The van der Waals surface area contributed by atoms with E-state index >= 15 is 0 Å². The van der Waals surface area contributed by atoms with E-state index in [0.29, 0.717) is 4.88 Å². The number of aryl methyl sites for hydroxylation is 1. The van der Waals surface area contributed by atoms with Crippen LogP contribution in [-0.2, 0) is 7.05 Å². The summed E-state index contributed by atoms with van der Waals surface area (Å²) in [5.74, 6) is -0.224. The molecule has 0 unspecified atom stereocenters.